The summed E-state index contributed by atoms with van der Waals surface area (Å²) >= 11 is 1.70. The van der Waals surface area contributed by atoms with E-state index in [0.717, 1.165) is 12.2 Å². The lowest BCUT2D eigenvalue weighted by Crippen LogP contribution is -2.33. The maximum absolute atomic E-state index is 12.5. The predicted molar refractivity (Wildman–Crippen MR) is 83.5 cm³/mol. The van der Waals surface area contributed by atoms with Crippen LogP contribution >= 0.6 is 11.8 Å². The number of hydrogen-bond acceptors (Lipinski definition) is 5. The van der Waals surface area contributed by atoms with E-state index in [1.165, 1.54) is 0 Å². The highest BCUT2D eigenvalue weighted by molar-refractivity contribution is 7.98. The van der Waals surface area contributed by atoms with Gasteiger partial charge in [-0.1, -0.05) is 0 Å². The van der Waals surface area contributed by atoms with Gasteiger partial charge in [0.2, 0.25) is 10.0 Å². The highest BCUT2D eigenvalue weighted by Crippen LogP contribution is 2.19. The molecule has 0 saturated carbocycles. The van der Waals surface area contributed by atoms with E-state index in [1.807, 2.05) is 13.2 Å². The molecule has 0 saturated heterocycles. The fraction of sp³-hybridized carbons (Fsp3) is 0.750. The van der Waals surface area contributed by atoms with Gasteiger partial charge in [-0.3, -0.25) is 4.68 Å². The van der Waals surface area contributed by atoms with E-state index in [-0.39, 0.29) is 10.9 Å². The third kappa shape index (κ3) is 4.21. The fourth-order valence-corrected chi connectivity index (χ4v) is 4.37. The van der Waals surface area contributed by atoms with Crippen LogP contribution in [0.2, 0.25) is 0 Å². The van der Waals surface area contributed by atoms with Crippen LogP contribution in [0.5, 0.6) is 0 Å². The number of aryl methyl sites for hydroxylation is 1. The first kappa shape index (κ1) is 17.5. The molecule has 8 heteroatoms. The molecule has 1 heterocycles. The molecule has 0 aliphatic rings. The molecule has 0 aromatic carbocycles. The van der Waals surface area contributed by atoms with Crippen molar-refractivity contribution < 1.29 is 8.42 Å². The molecule has 0 amide bonds. The second kappa shape index (κ2) is 7.44. The van der Waals surface area contributed by atoms with Crippen molar-refractivity contribution >= 4 is 21.8 Å². The lowest BCUT2D eigenvalue weighted by molar-refractivity contribution is 0.554. The summed E-state index contributed by atoms with van der Waals surface area (Å²) in [5.41, 5.74) is 6.66. The number of rotatable bonds is 8. The molecule has 0 fully saturated rings. The van der Waals surface area contributed by atoms with Crippen LogP contribution < -0.4 is 10.5 Å². The molecular weight excluding hydrogens is 296 g/mol. The zero-order chi connectivity index (χ0) is 15.3. The maximum atomic E-state index is 12.5. The Morgan fingerprint density at radius 3 is 2.65 bits per heavy atom. The first-order valence-corrected chi connectivity index (χ1v) is 9.46. The van der Waals surface area contributed by atoms with Crippen molar-refractivity contribution in [2.45, 2.75) is 44.7 Å². The Kier molecular flexibility index (Phi) is 6.50. The highest BCUT2D eigenvalue weighted by atomic mass is 32.2. The lowest BCUT2D eigenvalue weighted by Gasteiger charge is -2.14. The summed E-state index contributed by atoms with van der Waals surface area (Å²) < 4.78 is 29.3. The van der Waals surface area contributed by atoms with Crippen LogP contribution in [-0.4, -0.2) is 42.8 Å². The average molecular weight is 320 g/mol. The van der Waals surface area contributed by atoms with E-state index in [4.69, 9.17) is 5.73 Å². The van der Waals surface area contributed by atoms with Crippen molar-refractivity contribution in [3.63, 3.8) is 0 Å². The molecule has 0 aliphatic heterocycles. The summed E-state index contributed by atoms with van der Waals surface area (Å²) in [7, 11) is -3.53. The van der Waals surface area contributed by atoms with Gasteiger partial charge in [0.15, 0.2) is 0 Å². The van der Waals surface area contributed by atoms with Gasteiger partial charge in [-0.2, -0.15) is 16.9 Å². The van der Waals surface area contributed by atoms with Crippen molar-refractivity contribution in [3.8, 4) is 0 Å². The van der Waals surface area contributed by atoms with Gasteiger partial charge in [-0.25, -0.2) is 13.1 Å². The van der Waals surface area contributed by atoms with Crippen LogP contribution in [0.4, 0.5) is 0 Å². The van der Waals surface area contributed by atoms with Gasteiger partial charge >= 0.3 is 0 Å². The van der Waals surface area contributed by atoms with E-state index in [2.05, 4.69) is 9.82 Å². The summed E-state index contributed by atoms with van der Waals surface area (Å²) in [5, 5.41) is 4.25. The monoisotopic (exact) mass is 320 g/mol. The summed E-state index contributed by atoms with van der Waals surface area (Å²) in [4.78, 5) is 0.280. The molecule has 20 heavy (non-hydrogen) atoms. The number of nitrogens with two attached hydrogens (primary N) is 1. The minimum absolute atomic E-state index is 0.0934. The van der Waals surface area contributed by atoms with E-state index >= 15 is 0 Å². The Bertz CT molecular complexity index is 540. The largest absolute Gasteiger partial charge is 0.329 e. The van der Waals surface area contributed by atoms with Crippen molar-refractivity contribution in [2.75, 3.05) is 18.6 Å². The molecule has 0 aliphatic carbocycles. The van der Waals surface area contributed by atoms with Gasteiger partial charge in [-0.15, -0.1) is 0 Å². The number of hydrogen-bond donors (Lipinski definition) is 2. The predicted octanol–water partition coefficient (Wildman–Crippen LogP) is 0.879. The Morgan fingerprint density at radius 1 is 1.45 bits per heavy atom. The first-order chi connectivity index (χ1) is 9.33. The number of nitrogens with one attached hydrogen (secondary N) is 1. The molecule has 1 aromatic heterocycles. The highest BCUT2D eigenvalue weighted by Gasteiger charge is 2.25. The summed E-state index contributed by atoms with van der Waals surface area (Å²) in [6.45, 7) is 6.30. The van der Waals surface area contributed by atoms with Crippen LogP contribution in [0.1, 0.15) is 24.7 Å². The van der Waals surface area contributed by atoms with E-state index in [0.29, 0.717) is 24.5 Å². The van der Waals surface area contributed by atoms with Crippen LogP contribution in [0.3, 0.4) is 0 Å². The SMILES string of the molecule is CSCCC(C)NS(=O)(=O)c1c(C)nn(CCN)c1C. The van der Waals surface area contributed by atoms with Gasteiger partial charge in [0.05, 0.1) is 17.9 Å². The number of aromatic nitrogens is 2. The average Bonchev–Trinajstić information content (AvgIpc) is 2.62. The third-order valence-corrected chi connectivity index (χ3v) is 5.52. The Labute approximate surface area is 125 Å². The summed E-state index contributed by atoms with van der Waals surface area (Å²) in [6.07, 6.45) is 2.81. The molecule has 116 valence electrons. The van der Waals surface area contributed by atoms with Gasteiger partial charge in [0.25, 0.3) is 0 Å². The number of sulfonamides is 1. The molecular formula is C12H24N4O2S2. The molecule has 0 radical (unpaired) electrons. The van der Waals surface area contributed by atoms with Gasteiger partial charge in [-0.05, 0) is 39.2 Å². The molecule has 3 N–H and O–H groups in total. The summed E-state index contributed by atoms with van der Waals surface area (Å²) in [6, 6.07) is -0.0934. The molecule has 1 atom stereocenters. The third-order valence-electron chi connectivity index (χ3n) is 3.04. The number of nitrogens with zero attached hydrogens (tertiary/aromatic N) is 2. The zero-order valence-electron chi connectivity index (χ0n) is 12.5. The van der Waals surface area contributed by atoms with Crippen molar-refractivity contribution in [2.24, 2.45) is 5.73 Å². The smallest absolute Gasteiger partial charge is 0.244 e. The van der Waals surface area contributed by atoms with Crippen LogP contribution in [0, 0.1) is 13.8 Å². The molecule has 1 unspecified atom stereocenters. The van der Waals surface area contributed by atoms with E-state index in [9.17, 15) is 8.42 Å². The second-order valence-corrected chi connectivity index (χ2v) is 7.45. The van der Waals surface area contributed by atoms with Crippen LogP contribution in [0.25, 0.3) is 0 Å². The summed E-state index contributed by atoms with van der Waals surface area (Å²) in [5.74, 6) is 0.925. The van der Waals surface area contributed by atoms with E-state index in [1.54, 1.807) is 30.3 Å². The maximum Gasteiger partial charge on any atom is 0.244 e. The van der Waals surface area contributed by atoms with Crippen molar-refractivity contribution in [1.82, 2.24) is 14.5 Å². The molecule has 6 nitrogen and oxygen atoms in total. The topological polar surface area (TPSA) is 90.0 Å². The Balaban J connectivity index is 2.98. The lowest BCUT2D eigenvalue weighted by atomic mass is 10.3. The minimum Gasteiger partial charge on any atom is -0.329 e. The van der Waals surface area contributed by atoms with Gasteiger partial charge in [0.1, 0.15) is 4.90 Å². The zero-order valence-corrected chi connectivity index (χ0v) is 14.1. The molecule has 0 spiro atoms. The normalized spacial score (nSPS) is 13.7. The standard InChI is InChI=1S/C12H24N4O2S2/c1-9(5-8-19-4)15-20(17,18)12-10(2)14-16(7-6-13)11(12)3/h9,15H,5-8,13H2,1-4H3. The van der Waals surface area contributed by atoms with Crippen LogP contribution in [-0.2, 0) is 16.6 Å². The molecule has 1 aromatic rings. The molecule has 0 bridgehead atoms. The van der Waals surface area contributed by atoms with E-state index < -0.39 is 10.0 Å². The van der Waals surface area contributed by atoms with Crippen molar-refractivity contribution in [3.05, 3.63) is 11.4 Å². The van der Waals surface area contributed by atoms with Gasteiger partial charge in [0, 0.05) is 12.6 Å². The van der Waals surface area contributed by atoms with Gasteiger partial charge < -0.3 is 5.73 Å². The quantitative estimate of drug-likeness (QED) is 0.742. The first-order valence-electron chi connectivity index (χ1n) is 6.58. The number of thioether (sulfide) groups is 1. The Morgan fingerprint density at radius 2 is 2.10 bits per heavy atom. The minimum atomic E-state index is -3.53. The van der Waals surface area contributed by atoms with Crippen molar-refractivity contribution in [1.29, 1.82) is 0 Å². The molecule has 1 rings (SSSR count). The van der Waals surface area contributed by atoms with Crippen LogP contribution in [0.15, 0.2) is 4.90 Å². The Hall–Kier alpha value is -0.570. The fourth-order valence-electron chi connectivity index (χ4n) is 2.09. The second-order valence-electron chi connectivity index (χ2n) is 4.82.